The van der Waals surface area contributed by atoms with E-state index in [9.17, 15) is 35.6 Å². The van der Waals surface area contributed by atoms with E-state index >= 15 is 0 Å². The molecule has 2 N–H and O–H groups in total. The van der Waals surface area contributed by atoms with Crippen molar-refractivity contribution in [3.05, 3.63) is 124 Å². The van der Waals surface area contributed by atoms with Gasteiger partial charge < -0.3 is 5.32 Å². The average Bonchev–Trinajstić information content (AvgIpc) is 3.40. The zero-order chi connectivity index (χ0) is 33.2. The minimum atomic E-state index is -4.71. The molecule has 240 valence electrons. The van der Waals surface area contributed by atoms with Crippen molar-refractivity contribution in [1.29, 1.82) is 0 Å². The number of alkyl halides is 3. The number of carbonyl (C=O) groups excluding carboxylic acids is 2. The Bertz CT molecular complexity index is 1890. The molecule has 0 fully saturated rings. The minimum Gasteiger partial charge on any atom is -0.339 e. The number of aromatic nitrogens is 2. The number of nitrogens with one attached hydrogen (secondary N) is 2. The van der Waals surface area contributed by atoms with Gasteiger partial charge in [-0.05, 0) is 61.9 Å². The second-order valence-corrected chi connectivity index (χ2v) is 12.1. The van der Waals surface area contributed by atoms with E-state index in [-0.39, 0.29) is 24.3 Å². The van der Waals surface area contributed by atoms with E-state index in [0.29, 0.717) is 28.7 Å². The van der Waals surface area contributed by atoms with Crippen LogP contribution in [0.25, 0.3) is 5.69 Å². The van der Waals surface area contributed by atoms with Crippen LogP contribution >= 0.6 is 0 Å². The highest BCUT2D eigenvalue weighted by molar-refractivity contribution is 7.92. The molecule has 3 aromatic carbocycles. The molecule has 0 spiro atoms. The molecule has 0 saturated heterocycles. The molecule has 0 aliphatic carbocycles. The smallest absolute Gasteiger partial charge is 0.339 e. The summed E-state index contributed by atoms with van der Waals surface area (Å²) >= 11 is 0. The van der Waals surface area contributed by atoms with E-state index in [1.54, 1.807) is 37.3 Å². The fourth-order valence-corrected chi connectivity index (χ4v) is 6.23. The third kappa shape index (κ3) is 6.58. The second kappa shape index (κ2) is 12.9. The Morgan fingerprint density at radius 3 is 2.35 bits per heavy atom. The van der Waals surface area contributed by atoms with Crippen molar-refractivity contribution >= 4 is 27.7 Å². The summed E-state index contributed by atoms with van der Waals surface area (Å²) in [6, 6.07) is 16.4. The molecule has 9 nitrogen and oxygen atoms in total. The van der Waals surface area contributed by atoms with Crippen LogP contribution in [0.5, 0.6) is 0 Å². The molecule has 0 radical (unpaired) electrons. The summed E-state index contributed by atoms with van der Waals surface area (Å²) < 4.78 is 83.6. The van der Waals surface area contributed by atoms with E-state index in [1.165, 1.54) is 52.9 Å². The number of sulfonamides is 1. The van der Waals surface area contributed by atoms with Gasteiger partial charge in [0, 0.05) is 29.0 Å². The Labute approximate surface area is 262 Å². The Balaban J connectivity index is 1.71. The number of anilines is 1. The third-order valence-corrected chi connectivity index (χ3v) is 8.62. The zero-order valence-corrected chi connectivity index (χ0v) is 25.4. The first-order valence-corrected chi connectivity index (χ1v) is 15.7. The lowest BCUT2D eigenvalue weighted by molar-refractivity contribution is -0.137. The highest BCUT2D eigenvalue weighted by Gasteiger charge is 2.46. The first-order chi connectivity index (χ1) is 21.8. The molecule has 2 heterocycles. The van der Waals surface area contributed by atoms with Crippen LogP contribution < -0.4 is 14.9 Å². The van der Waals surface area contributed by atoms with Gasteiger partial charge in [-0.25, -0.2) is 22.2 Å². The average molecular weight is 656 g/mol. The number of hydrogen-bond acceptors (Lipinski definition) is 5. The molecule has 46 heavy (non-hydrogen) atoms. The Morgan fingerprint density at radius 1 is 1.02 bits per heavy atom. The van der Waals surface area contributed by atoms with Crippen LogP contribution in [-0.2, 0) is 27.5 Å². The second-order valence-electron chi connectivity index (χ2n) is 10.4. The number of para-hydroxylation sites is 1. The number of benzene rings is 3. The number of fused-ring (bicyclic) bond motifs is 1. The van der Waals surface area contributed by atoms with E-state index < -0.39 is 51.4 Å². The Kier molecular flexibility index (Phi) is 9.13. The van der Waals surface area contributed by atoms with Crippen molar-refractivity contribution in [2.24, 2.45) is 0 Å². The lowest BCUT2D eigenvalue weighted by Gasteiger charge is -2.38. The molecule has 0 bridgehead atoms. The van der Waals surface area contributed by atoms with Crippen LogP contribution in [0.15, 0.2) is 90.3 Å². The zero-order valence-electron chi connectivity index (χ0n) is 24.6. The normalized spacial score (nSPS) is 16.9. The van der Waals surface area contributed by atoms with Crippen molar-refractivity contribution < 1.29 is 35.6 Å². The van der Waals surface area contributed by atoms with Crippen LogP contribution in [0, 0.1) is 5.82 Å². The fraction of sp³-hybridized carbons (Fsp3) is 0.219. The maximum Gasteiger partial charge on any atom is 0.416 e. The molecule has 4 aromatic rings. The van der Waals surface area contributed by atoms with Crippen LogP contribution in [0.2, 0.25) is 0 Å². The van der Waals surface area contributed by atoms with Gasteiger partial charge in [0.05, 0.1) is 23.5 Å². The number of likely N-dealkylation sites (N-methyl/N-ethyl adjacent to an activating group) is 1. The number of carbonyl (C=O) groups is 2. The molecular weight excluding hydrogens is 626 g/mol. The monoisotopic (exact) mass is 655 g/mol. The summed E-state index contributed by atoms with van der Waals surface area (Å²) in [6.45, 7) is 3.02. The predicted molar refractivity (Wildman–Crippen MR) is 163 cm³/mol. The number of nitrogens with zero attached hydrogens (tertiary/aromatic N) is 3. The van der Waals surface area contributed by atoms with Crippen molar-refractivity contribution in [2.75, 3.05) is 11.4 Å². The van der Waals surface area contributed by atoms with Gasteiger partial charge in [-0.1, -0.05) is 42.5 Å². The number of hydrogen-bond donors (Lipinski definition) is 2. The predicted octanol–water partition coefficient (Wildman–Crippen LogP) is 5.28. The minimum absolute atomic E-state index is 0.0974. The molecule has 2 amide bonds. The van der Waals surface area contributed by atoms with Crippen LogP contribution in [0.1, 0.15) is 52.5 Å². The number of rotatable bonds is 9. The maximum absolute atomic E-state index is 14.3. The highest BCUT2D eigenvalue weighted by Crippen LogP contribution is 2.44. The Morgan fingerprint density at radius 2 is 1.72 bits per heavy atom. The van der Waals surface area contributed by atoms with Gasteiger partial charge in [0.1, 0.15) is 17.7 Å². The van der Waals surface area contributed by atoms with Crippen molar-refractivity contribution in [2.45, 2.75) is 38.5 Å². The van der Waals surface area contributed by atoms with Gasteiger partial charge in [0.25, 0.3) is 11.8 Å². The molecule has 5 rings (SSSR count). The lowest BCUT2D eigenvalue weighted by Crippen LogP contribution is -2.55. The fourth-order valence-electron chi connectivity index (χ4n) is 5.44. The van der Waals surface area contributed by atoms with Crippen molar-refractivity contribution in [1.82, 2.24) is 19.8 Å². The first-order valence-electron chi connectivity index (χ1n) is 14.2. The molecule has 1 aliphatic rings. The largest absolute Gasteiger partial charge is 0.416 e. The molecule has 2 atom stereocenters. The summed E-state index contributed by atoms with van der Waals surface area (Å²) in [6.07, 6.45) is -3.36. The maximum atomic E-state index is 14.3. The summed E-state index contributed by atoms with van der Waals surface area (Å²) in [7, 11) is -3.89. The first kappa shape index (κ1) is 32.6. The van der Waals surface area contributed by atoms with Crippen molar-refractivity contribution in [3.8, 4) is 5.69 Å². The SMILES string of the molecule is C/C=C/S(=O)(=O)NCc1nn(-c2ccccc2)c2c1[C@H](c1ccc(F)cc1)[C@H](NC(=O)c1cccc(C(F)(F)F)c1)C(=O)N2CC. The molecule has 0 unspecified atom stereocenters. The van der Waals surface area contributed by atoms with Crippen LogP contribution in [0.4, 0.5) is 23.4 Å². The Hall–Kier alpha value is -4.82. The van der Waals surface area contributed by atoms with Crippen LogP contribution in [0.3, 0.4) is 0 Å². The summed E-state index contributed by atoms with van der Waals surface area (Å²) in [5.74, 6) is -2.84. The van der Waals surface area contributed by atoms with Gasteiger partial charge in [0.15, 0.2) is 0 Å². The highest BCUT2D eigenvalue weighted by atomic mass is 32.2. The topological polar surface area (TPSA) is 113 Å². The quantitative estimate of drug-likeness (QED) is 0.238. The summed E-state index contributed by atoms with van der Waals surface area (Å²) in [5, 5.41) is 8.32. The molecule has 1 aromatic heterocycles. The van der Waals surface area contributed by atoms with Gasteiger partial charge in [-0.2, -0.15) is 18.3 Å². The molecule has 1 aliphatic heterocycles. The number of allylic oxidation sites excluding steroid dienone is 1. The van der Waals surface area contributed by atoms with Gasteiger partial charge in [-0.15, -0.1) is 0 Å². The van der Waals surface area contributed by atoms with Gasteiger partial charge >= 0.3 is 6.18 Å². The summed E-state index contributed by atoms with van der Waals surface area (Å²) in [4.78, 5) is 29.1. The third-order valence-electron chi connectivity index (χ3n) is 7.45. The van der Waals surface area contributed by atoms with E-state index in [4.69, 9.17) is 5.10 Å². The van der Waals surface area contributed by atoms with Crippen LogP contribution in [-0.4, -0.2) is 42.6 Å². The van der Waals surface area contributed by atoms with Gasteiger partial charge in [0.2, 0.25) is 10.0 Å². The lowest BCUT2D eigenvalue weighted by atomic mass is 9.80. The van der Waals surface area contributed by atoms with E-state index in [1.807, 2.05) is 0 Å². The summed E-state index contributed by atoms with van der Waals surface area (Å²) in [5.41, 5.74) is 0.152. The molecule has 0 saturated carbocycles. The number of halogens is 4. The molecular formula is C32H29F4N5O4S. The van der Waals surface area contributed by atoms with Crippen molar-refractivity contribution in [3.63, 3.8) is 0 Å². The number of amides is 2. The van der Waals surface area contributed by atoms with E-state index in [0.717, 1.165) is 17.5 Å². The standard InChI is InChI=1S/C32H29F4N5O4S/c1-3-17-46(44,45)37-19-25-27-26(20-13-15-23(33)16-14-20)28(38-29(42)21-9-8-10-22(18-21)32(34,35)36)31(43)40(4-2)30(27)41(39-25)24-11-6-5-7-12-24/h3,5-18,26,28,37H,4,19H2,1-2H3,(H,38,42)/b17-3+/t26-,28-/m0/s1. The molecule has 14 heteroatoms. The van der Waals surface area contributed by atoms with E-state index in [2.05, 4.69) is 10.0 Å². The van der Waals surface area contributed by atoms with Gasteiger partial charge in [-0.3, -0.25) is 14.5 Å².